The van der Waals surface area contributed by atoms with Crippen LogP contribution in [0.25, 0.3) is 0 Å². The van der Waals surface area contributed by atoms with E-state index in [0.717, 1.165) is 11.3 Å². The molecule has 2 aliphatic rings. The summed E-state index contributed by atoms with van der Waals surface area (Å²) >= 11 is 0.983. The van der Waals surface area contributed by atoms with Crippen LogP contribution in [0.1, 0.15) is 55.0 Å². The van der Waals surface area contributed by atoms with Gasteiger partial charge in [-0.1, -0.05) is 65.8 Å². The molecule has 0 radical (unpaired) electrons. The standard InChI is InChI=1S/C37H34N6O12S/c1-36(2,33(47)51-19-22-13-15-25(16-14-22)42(49)50)55-41-30(27-21-56-35(38)40-27)31(45)39-26-20-52-43(32(26)46)54-34(48)37(18-17-28(44)53-37)29(23-9-5-3-6-10-23)24-11-7-4-8-12-24/h3-16,21,26,29H,17-20H2,1-2H3,(H2,38,40)(H,39,45)/t26-,37?/m0/s1. The summed E-state index contributed by atoms with van der Waals surface area (Å²) in [5.41, 5.74) is 3.28. The molecule has 2 amide bonds. The van der Waals surface area contributed by atoms with Crippen molar-refractivity contribution in [3.63, 3.8) is 0 Å². The Hall–Kier alpha value is -6.73. The molecule has 56 heavy (non-hydrogen) atoms. The summed E-state index contributed by atoms with van der Waals surface area (Å²) in [6.45, 7) is 1.94. The summed E-state index contributed by atoms with van der Waals surface area (Å²) in [6.07, 6.45) is -0.142. The van der Waals surface area contributed by atoms with Crippen molar-refractivity contribution in [1.29, 1.82) is 0 Å². The third-order valence-corrected chi connectivity index (χ3v) is 9.41. The third-order valence-electron chi connectivity index (χ3n) is 8.74. The molecule has 2 atom stereocenters. The number of ether oxygens (including phenoxy) is 2. The normalized spacial score (nSPS) is 18.4. The lowest BCUT2D eigenvalue weighted by Gasteiger charge is -2.34. The van der Waals surface area contributed by atoms with E-state index in [4.69, 9.17) is 29.7 Å². The maximum atomic E-state index is 14.0. The number of nitrogens with two attached hydrogens (primary N) is 1. The van der Waals surface area contributed by atoms with Crippen molar-refractivity contribution in [2.75, 3.05) is 12.3 Å². The number of thiazole rings is 1. The van der Waals surface area contributed by atoms with Crippen LogP contribution in [0.5, 0.6) is 0 Å². The first-order valence-electron chi connectivity index (χ1n) is 17.0. The van der Waals surface area contributed by atoms with Crippen LogP contribution in [0, 0.1) is 10.1 Å². The van der Waals surface area contributed by atoms with Gasteiger partial charge in [0.2, 0.25) is 11.2 Å². The van der Waals surface area contributed by atoms with Gasteiger partial charge in [0, 0.05) is 30.4 Å². The number of non-ortho nitro benzene ring substituents is 1. The smallest absolute Gasteiger partial charge is 0.379 e. The van der Waals surface area contributed by atoms with E-state index in [1.165, 1.54) is 43.5 Å². The number of nitro groups is 1. The fourth-order valence-corrected chi connectivity index (χ4v) is 6.42. The molecule has 1 aromatic heterocycles. The summed E-state index contributed by atoms with van der Waals surface area (Å²) in [4.78, 5) is 97.4. The Bertz CT molecular complexity index is 2120. The Kier molecular flexibility index (Phi) is 11.4. The number of nitrogens with zero attached hydrogens (tertiary/aromatic N) is 4. The number of cyclic esters (lactones) is 1. The van der Waals surface area contributed by atoms with Gasteiger partial charge in [0.25, 0.3) is 11.6 Å². The molecule has 18 nitrogen and oxygen atoms in total. The summed E-state index contributed by atoms with van der Waals surface area (Å²) in [7, 11) is 0. The number of carbonyl (C=O) groups is 5. The topological polar surface area (TPSA) is 241 Å². The van der Waals surface area contributed by atoms with E-state index in [2.05, 4.69) is 15.5 Å². The fraction of sp³-hybridized carbons (Fsp3) is 0.270. The van der Waals surface area contributed by atoms with E-state index in [9.17, 15) is 34.1 Å². The van der Waals surface area contributed by atoms with Gasteiger partial charge in [-0.15, -0.1) is 11.3 Å². The number of esters is 2. The van der Waals surface area contributed by atoms with E-state index in [1.807, 2.05) is 0 Å². The molecule has 6 rings (SSSR count). The lowest BCUT2D eigenvalue weighted by molar-refractivity contribution is -0.384. The number of oxime groups is 1. The first-order chi connectivity index (χ1) is 26.8. The number of nitrogen functional groups attached to an aromatic ring is 1. The maximum absolute atomic E-state index is 14.0. The first kappa shape index (κ1) is 39.0. The van der Waals surface area contributed by atoms with Crippen molar-refractivity contribution >= 4 is 57.6 Å². The zero-order valence-corrected chi connectivity index (χ0v) is 30.6. The van der Waals surface area contributed by atoms with Gasteiger partial charge in [-0.2, -0.15) is 0 Å². The number of amides is 2. The number of nitrogens with one attached hydrogen (secondary N) is 1. The highest BCUT2D eigenvalue weighted by Gasteiger charge is 2.57. The lowest BCUT2D eigenvalue weighted by Crippen LogP contribution is -2.50. The summed E-state index contributed by atoms with van der Waals surface area (Å²) < 4.78 is 11.0. The van der Waals surface area contributed by atoms with Gasteiger partial charge in [0.15, 0.2) is 10.8 Å². The minimum atomic E-state index is -1.87. The summed E-state index contributed by atoms with van der Waals surface area (Å²) in [5.74, 6) is -5.37. The second-order valence-corrected chi connectivity index (χ2v) is 13.9. The average molecular weight is 787 g/mol. The monoisotopic (exact) mass is 786 g/mol. The molecular weight excluding hydrogens is 753 g/mol. The van der Waals surface area contributed by atoms with Crippen LogP contribution >= 0.6 is 11.3 Å². The number of hydrogen-bond acceptors (Lipinski definition) is 16. The molecule has 0 spiro atoms. The highest BCUT2D eigenvalue weighted by atomic mass is 32.1. The van der Waals surface area contributed by atoms with Gasteiger partial charge in [-0.05, 0) is 47.9 Å². The number of hydrogen-bond donors (Lipinski definition) is 2. The summed E-state index contributed by atoms with van der Waals surface area (Å²) in [6, 6.07) is 21.8. The van der Waals surface area contributed by atoms with Crippen LogP contribution in [0.15, 0.2) is 95.5 Å². The van der Waals surface area contributed by atoms with Gasteiger partial charge < -0.3 is 30.2 Å². The lowest BCUT2D eigenvalue weighted by atomic mass is 9.76. The molecule has 3 aromatic carbocycles. The predicted octanol–water partition coefficient (Wildman–Crippen LogP) is 3.50. The fourth-order valence-electron chi connectivity index (χ4n) is 5.87. The number of carbonyl (C=O) groups excluding carboxylic acids is 5. The van der Waals surface area contributed by atoms with Crippen molar-refractivity contribution in [1.82, 2.24) is 15.5 Å². The number of rotatable bonds is 14. The molecular formula is C37H34N6O12S. The minimum absolute atomic E-state index is 0.0486. The van der Waals surface area contributed by atoms with Crippen molar-refractivity contribution in [3.8, 4) is 0 Å². The number of nitro benzene ring substituents is 1. The van der Waals surface area contributed by atoms with Crippen molar-refractivity contribution in [3.05, 3.63) is 123 Å². The SMILES string of the molecule is CC(C)(ON=C(C(=O)N[C@H]1CON(OC(=O)C2(C(c3ccccc3)c3ccccc3)CCC(=O)O2)C1=O)c1csc(N)n1)C(=O)OCc1ccc([N+](=O)[O-])cc1. The molecule has 2 fully saturated rings. The molecule has 0 bridgehead atoms. The highest BCUT2D eigenvalue weighted by molar-refractivity contribution is 7.13. The van der Waals surface area contributed by atoms with Crippen LogP contribution in [0.2, 0.25) is 0 Å². The number of aromatic nitrogens is 1. The minimum Gasteiger partial charge on any atom is -0.458 e. The molecule has 1 unspecified atom stereocenters. The highest BCUT2D eigenvalue weighted by Crippen LogP contribution is 2.45. The molecule has 4 aromatic rings. The van der Waals surface area contributed by atoms with Crippen LogP contribution < -0.4 is 11.1 Å². The van der Waals surface area contributed by atoms with E-state index >= 15 is 0 Å². The molecule has 2 saturated heterocycles. The van der Waals surface area contributed by atoms with Gasteiger partial charge in [-0.3, -0.25) is 24.5 Å². The molecule has 3 N–H and O–H groups in total. The van der Waals surface area contributed by atoms with Crippen LogP contribution in [-0.2, 0) is 54.6 Å². The van der Waals surface area contributed by atoms with Gasteiger partial charge in [-0.25, -0.2) is 19.4 Å². The molecule has 0 aliphatic carbocycles. The van der Waals surface area contributed by atoms with Gasteiger partial charge in [0.1, 0.15) is 24.9 Å². The van der Waals surface area contributed by atoms with E-state index in [1.54, 1.807) is 60.7 Å². The van der Waals surface area contributed by atoms with Crippen molar-refractivity contribution in [2.24, 2.45) is 5.16 Å². The largest absolute Gasteiger partial charge is 0.458 e. The zero-order valence-electron chi connectivity index (χ0n) is 29.8. The molecule has 0 saturated carbocycles. The Morgan fingerprint density at radius 3 is 2.27 bits per heavy atom. The quantitative estimate of drug-likeness (QED) is 0.0805. The molecule has 2 aliphatic heterocycles. The predicted molar refractivity (Wildman–Crippen MR) is 195 cm³/mol. The molecule has 290 valence electrons. The van der Waals surface area contributed by atoms with Crippen LogP contribution in [0.4, 0.5) is 10.8 Å². The second kappa shape index (κ2) is 16.3. The van der Waals surface area contributed by atoms with E-state index in [0.29, 0.717) is 21.9 Å². The van der Waals surface area contributed by atoms with Crippen molar-refractivity contribution in [2.45, 2.75) is 56.5 Å². The van der Waals surface area contributed by atoms with E-state index in [-0.39, 0.29) is 36.0 Å². The van der Waals surface area contributed by atoms with Crippen LogP contribution in [0.3, 0.4) is 0 Å². The van der Waals surface area contributed by atoms with E-state index < -0.39 is 70.1 Å². The molecule has 19 heteroatoms. The Morgan fingerprint density at radius 2 is 1.71 bits per heavy atom. The number of anilines is 1. The third kappa shape index (κ3) is 8.48. The van der Waals surface area contributed by atoms with Crippen LogP contribution in [-0.4, -0.2) is 74.4 Å². The van der Waals surface area contributed by atoms with Gasteiger partial charge >= 0.3 is 23.8 Å². The molecule has 3 heterocycles. The van der Waals surface area contributed by atoms with Gasteiger partial charge in [0.05, 0.1) is 10.8 Å². The Morgan fingerprint density at radius 1 is 1.07 bits per heavy atom. The second-order valence-electron chi connectivity index (χ2n) is 13.0. The Labute approximate surface area is 322 Å². The maximum Gasteiger partial charge on any atom is 0.379 e. The van der Waals surface area contributed by atoms with Crippen molar-refractivity contribution < 1.29 is 52.9 Å². The average Bonchev–Trinajstić information content (AvgIpc) is 3.90. The number of benzene rings is 3. The Balaban J connectivity index is 1.15. The number of hydroxylamine groups is 2. The first-order valence-corrected chi connectivity index (χ1v) is 17.9. The zero-order chi connectivity index (χ0) is 40.0. The summed E-state index contributed by atoms with van der Waals surface area (Å²) in [5, 5.41) is 19.0.